The molecule has 1 saturated heterocycles. The van der Waals surface area contributed by atoms with Crippen molar-refractivity contribution in [2.24, 2.45) is 0 Å². The van der Waals surface area contributed by atoms with E-state index in [1.165, 1.54) is 7.11 Å². The Kier molecular flexibility index (Phi) is 9.20. The zero-order valence-electron chi connectivity index (χ0n) is 22.0. The van der Waals surface area contributed by atoms with Crippen LogP contribution < -0.4 is 20.3 Å². The molecule has 2 aromatic rings. The van der Waals surface area contributed by atoms with Crippen LogP contribution in [0.3, 0.4) is 0 Å². The highest BCUT2D eigenvalue weighted by atomic mass is 16.5. The maximum absolute atomic E-state index is 13.0. The number of hydrogen-bond donors (Lipinski definition) is 3. The van der Waals surface area contributed by atoms with Gasteiger partial charge in [-0.25, -0.2) is 4.79 Å². The maximum Gasteiger partial charge on any atom is 0.323 e. The molecule has 1 aliphatic rings. The van der Waals surface area contributed by atoms with Crippen LogP contribution in [0.5, 0.6) is 5.75 Å². The molecule has 1 fully saturated rings. The minimum Gasteiger partial charge on any atom is -0.494 e. The Labute approximate surface area is 214 Å². The van der Waals surface area contributed by atoms with Crippen LogP contribution in [0, 0.1) is 0 Å². The minimum atomic E-state index is -0.895. The first kappa shape index (κ1) is 27.3. The van der Waals surface area contributed by atoms with Gasteiger partial charge in [-0.15, -0.1) is 0 Å². The van der Waals surface area contributed by atoms with Gasteiger partial charge >= 0.3 is 12.0 Å². The summed E-state index contributed by atoms with van der Waals surface area (Å²) in [6, 6.07) is 12.7. The molecule has 8 nitrogen and oxygen atoms in total. The second kappa shape index (κ2) is 12.1. The summed E-state index contributed by atoms with van der Waals surface area (Å²) in [6.45, 7) is 8.94. The lowest BCUT2D eigenvalue weighted by atomic mass is 9.92. The molecule has 3 N–H and O–H groups in total. The van der Waals surface area contributed by atoms with Gasteiger partial charge in [0.25, 0.3) is 0 Å². The number of carbonyl (C=O) groups is 2. The van der Waals surface area contributed by atoms with Gasteiger partial charge in [-0.05, 0) is 87.9 Å². The third kappa shape index (κ3) is 6.91. The highest BCUT2D eigenvalue weighted by Gasteiger charge is 2.37. The number of carbonyl (C=O) groups excluding carboxylic acids is 2. The molecule has 0 aliphatic carbocycles. The van der Waals surface area contributed by atoms with E-state index in [2.05, 4.69) is 15.5 Å². The van der Waals surface area contributed by atoms with Crippen LogP contribution in [0.2, 0.25) is 0 Å². The summed E-state index contributed by atoms with van der Waals surface area (Å²) in [5.74, 6) is 0.432. The largest absolute Gasteiger partial charge is 0.494 e. The summed E-state index contributed by atoms with van der Waals surface area (Å²) in [4.78, 5) is 27.1. The molecule has 2 atom stereocenters. The van der Waals surface area contributed by atoms with Gasteiger partial charge in [-0.1, -0.05) is 13.0 Å². The highest BCUT2D eigenvalue weighted by Crippen LogP contribution is 2.38. The lowest BCUT2D eigenvalue weighted by Gasteiger charge is -2.36. The van der Waals surface area contributed by atoms with Crippen LogP contribution in [0.25, 0.3) is 0 Å². The molecule has 2 unspecified atom stereocenters. The smallest absolute Gasteiger partial charge is 0.323 e. The van der Waals surface area contributed by atoms with Crippen LogP contribution in [0.1, 0.15) is 64.9 Å². The summed E-state index contributed by atoms with van der Waals surface area (Å²) in [5.41, 5.74) is 2.17. The Bertz CT molecular complexity index is 1030. The zero-order chi connectivity index (χ0) is 26.3. The Morgan fingerprint density at radius 3 is 2.47 bits per heavy atom. The fraction of sp³-hybridized carbons (Fsp3) is 0.500. The van der Waals surface area contributed by atoms with Crippen molar-refractivity contribution in [1.29, 1.82) is 0 Å². The number of aliphatic hydroxyl groups is 1. The number of rotatable bonds is 10. The van der Waals surface area contributed by atoms with Crippen molar-refractivity contribution in [2.45, 2.75) is 70.9 Å². The number of nitrogens with one attached hydrogen (secondary N) is 2. The minimum absolute atomic E-state index is 0.0371. The van der Waals surface area contributed by atoms with Crippen molar-refractivity contribution in [3.8, 4) is 5.75 Å². The predicted octanol–water partition coefficient (Wildman–Crippen LogP) is 5.53. The average Bonchev–Trinajstić information content (AvgIpc) is 3.34. The Balaban J connectivity index is 1.90. The fourth-order valence-corrected chi connectivity index (χ4v) is 4.82. The molecule has 2 aromatic carbocycles. The van der Waals surface area contributed by atoms with E-state index in [4.69, 9.17) is 9.47 Å². The first-order chi connectivity index (χ1) is 17.2. The van der Waals surface area contributed by atoms with Crippen molar-refractivity contribution in [2.75, 3.05) is 35.8 Å². The van der Waals surface area contributed by atoms with Gasteiger partial charge < -0.3 is 30.1 Å². The topological polar surface area (TPSA) is 100 Å². The zero-order valence-corrected chi connectivity index (χ0v) is 22.0. The normalized spacial score (nSPS) is 16.4. The first-order valence-electron chi connectivity index (χ1n) is 12.7. The Hall–Kier alpha value is -3.26. The molecular formula is C28H39N3O5. The van der Waals surface area contributed by atoms with Crippen molar-refractivity contribution < 1.29 is 24.2 Å². The van der Waals surface area contributed by atoms with Crippen LogP contribution in [0.4, 0.5) is 21.9 Å². The molecule has 3 rings (SSSR count). The summed E-state index contributed by atoms with van der Waals surface area (Å²) in [5, 5.41) is 16.7. The molecule has 0 saturated carbocycles. The van der Waals surface area contributed by atoms with E-state index in [0.29, 0.717) is 18.0 Å². The van der Waals surface area contributed by atoms with Gasteiger partial charge in [0, 0.05) is 12.2 Å². The summed E-state index contributed by atoms with van der Waals surface area (Å²) < 4.78 is 10.3. The second-order valence-electron chi connectivity index (χ2n) is 9.70. The van der Waals surface area contributed by atoms with Crippen molar-refractivity contribution in [1.82, 2.24) is 0 Å². The van der Waals surface area contributed by atoms with Crippen LogP contribution in [-0.4, -0.2) is 49.0 Å². The molecule has 2 amide bonds. The van der Waals surface area contributed by atoms with Crippen molar-refractivity contribution >= 4 is 29.1 Å². The average molecular weight is 498 g/mol. The van der Waals surface area contributed by atoms with Gasteiger partial charge in [-0.3, -0.25) is 4.79 Å². The standard InChI is InChI=1S/C28H39N3O5/c1-6-19(18-26(32)35-5)20-10-15-24(31-16-8-9-25(31)28(3,4)34)23(17-20)30-27(33)29-21-11-13-22(14-12-21)36-7-2/h10-15,17,19,25,34H,6-9,16,18H2,1-5H3,(H2,29,30,33). The van der Waals surface area contributed by atoms with Crippen LogP contribution in [-0.2, 0) is 9.53 Å². The van der Waals surface area contributed by atoms with Gasteiger partial charge in [-0.2, -0.15) is 0 Å². The van der Waals surface area contributed by atoms with Gasteiger partial charge in [0.05, 0.1) is 43.2 Å². The number of hydrogen-bond acceptors (Lipinski definition) is 6. The number of methoxy groups -OCH3 is 1. The van der Waals surface area contributed by atoms with E-state index in [1.807, 2.05) is 58.0 Å². The Morgan fingerprint density at radius 2 is 1.86 bits per heavy atom. The molecule has 0 bridgehead atoms. The molecule has 0 aromatic heterocycles. The predicted molar refractivity (Wildman–Crippen MR) is 143 cm³/mol. The van der Waals surface area contributed by atoms with E-state index in [-0.39, 0.29) is 30.4 Å². The van der Waals surface area contributed by atoms with Gasteiger partial charge in [0.15, 0.2) is 0 Å². The summed E-state index contributed by atoms with van der Waals surface area (Å²) >= 11 is 0. The number of esters is 1. The number of urea groups is 1. The van der Waals surface area contributed by atoms with E-state index >= 15 is 0 Å². The molecule has 196 valence electrons. The quantitative estimate of drug-likeness (QED) is 0.374. The fourth-order valence-electron chi connectivity index (χ4n) is 4.82. The molecule has 36 heavy (non-hydrogen) atoms. The number of anilines is 3. The maximum atomic E-state index is 13.0. The van der Waals surface area contributed by atoms with Crippen LogP contribution >= 0.6 is 0 Å². The van der Waals surface area contributed by atoms with Crippen molar-refractivity contribution in [3.05, 3.63) is 48.0 Å². The monoisotopic (exact) mass is 497 g/mol. The molecule has 0 spiro atoms. The van der Waals surface area contributed by atoms with E-state index in [0.717, 1.165) is 42.8 Å². The number of benzene rings is 2. The SMILES string of the molecule is CCOc1ccc(NC(=O)Nc2cc(C(CC)CC(=O)OC)ccc2N2CCCC2C(C)(C)O)cc1. The third-order valence-electron chi connectivity index (χ3n) is 6.67. The Morgan fingerprint density at radius 1 is 1.14 bits per heavy atom. The summed E-state index contributed by atoms with van der Waals surface area (Å²) in [7, 11) is 1.39. The first-order valence-corrected chi connectivity index (χ1v) is 12.7. The van der Waals surface area contributed by atoms with E-state index in [9.17, 15) is 14.7 Å². The molecule has 1 heterocycles. The lowest BCUT2D eigenvalue weighted by Crippen LogP contribution is -2.46. The van der Waals surface area contributed by atoms with Gasteiger partial charge in [0.2, 0.25) is 0 Å². The van der Waals surface area contributed by atoms with Crippen molar-refractivity contribution in [3.63, 3.8) is 0 Å². The second-order valence-corrected chi connectivity index (χ2v) is 9.70. The number of nitrogens with zero attached hydrogens (tertiary/aromatic N) is 1. The highest BCUT2D eigenvalue weighted by molar-refractivity contribution is 6.02. The molecule has 1 aliphatic heterocycles. The van der Waals surface area contributed by atoms with E-state index < -0.39 is 5.60 Å². The lowest BCUT2D eigenvalue weighted by molar-refractivity contribution is -0.141. The third-order valence-corrected chi connectivity index (χ3v) is 6.67. The van der Waals surface area contributed by atoms with Crippen LogP contribution in [0.15, 0.2) is 42.5 Å². The molecular weight excluding hydrogens is 458 g/mol. The van der Waals surface area contributed by atoms with E-state index in [1.54, 1.807) is 12.1 Å². The van der Waals surface area contributed by atoms with Gasteiger partial charge in [0.1, 0.15) is 5.75 Å². The number of amides is 2. The molecule has 0 radical (unpaired) electrons. The molecule has 8 heteroatoms. The summed E-state index contributed by atoms with van der Waals surface area (Å²) in [6.07, 6.45) is 2.83. The number of ether oxygens (including phenoxy) is 2.